The van der Waals surface area contributed by atoms with E-state index < -0.39 is 18.1 Å². The van der Waals surface area contributed by atoms with Crippen molar-refractivity contribution in [2.24, 2.45) is 7.05 Å². The van der Waals surface area contributed by atoms with Crippen LogP contribution in [0.5, 0.6) is 0 Å². The Labute approximate surface area is 134 Å². The fraction of sp³-hybridized carbons (Fsp3) is 0.471. The van der Waals surface area contributed by atoms with Crippen molar-refractivity contribution in [2.75, 3.05) is 6.61 Å². The van der Waals surface area contributed by atoms with Crippen molar-refractivity contribution in [1.29, 1.82) is 0 Å². The number of carbonyl (C=O) groups excluding carboxylic acids is 1. The average molecular weight is 329 g/mol. The van der Waals surface area contributed by atoms with Gasteiger partial charge in [0.1, 0.15) is 0 Å². The van der Waals surface area contributed by atoms with Gasteiger partial charge in [0.2, 0.25) is 0 Å². The van der Waals surface area contributed by atoms with Gasteiger partial charge in [0.15, 0.2) is 5.92 Å². The summed E-state index contributed by atoms with van der Waals surface area (Å²) in [6, 6.07) is 6.72. The van der Waals surface area contributed by atoms with Crippen LogP contribution in [0.15, 0.2) is 24.3 Å². The minimum atomic E-state index is -4.69. The van der Waals surface area contributed by atoms with Crippen LogP contribution in [0.2, 0.25) is 0 Å². The van der Waals surface area contributed by atoms with Gasteiger partial charge in [-0.15, -0.1) is 0 Å². The van der Waals surface area contributed by atoms with Crippen molar-refractivity contribution in [3.8, 4) is 0 Å². The fourth-order valence-corrected chi connectivity index (χ4v) is 2.56. The number of hydrogen-bond acceptors (Lipinski definition) is 2. The van der Waals surface area contributed by atoms with Crippen molar-refractivity contribution in [1.82, 2.24) is 4.57 Å². The molecule has 0 spiro atoms. The van der Waals surface area contributed by atoms with E-state index in [2.05, 4.69) is 4.74 Å². The van der Waals surface area contributed by atoms with E-state index in [1.807, 2.05) is 13.8 Å². The molecule has 0 aliphatic heterocycles. The summed E-state index contributed by atoms with van der Waals surface area (Å²) in [5.74, 6) is -3.52. The summed E-state index contributed by atoms with van der Waals surface area (Å²) in [7, 11) is 1.68. The Hall–Kier alpha value is -1.98. The van der Waals surface area contributed by atoms with Crippen LogP contribution >= 0.6 is 0 Å². The zero-order chi connectivity index (χ0) is 17.8. The molecule has 0 saturated carbocycles. The number of alkyl halides is 3. The summed E-state index contributed by atoms with van der Waals surface area (Å²) in [5, 5.41) is 0.424. The van der Waals surface area contributed by atoms with Crippen LogP contribution in [0, 0.1) is 6.92 Å². The summed E-state index contributed by atoms with van der Waals surface area (Å²) >= 11 is 0. The monoisotopic (exact) mass is 329 g/mol. The summed E-state index contributed by atoms with van der Waals surface area (Å²) in [5.41, 5.74) is 1.04. The number of nitrogens with zero attached hydrogens (tertiary/aromatic N) is 1. The van der Waals surface area contributed by atoms with Gasteiger partial charge in [-0.25, -0.2) is 0 Å². The summed E-state index contributed by atoms with van der Waals surface area (Å²) in [6.07, 6.45) is -4.69. The molecule has 0 bridgehead atoms. The number of fused-ring (bicyclic) bond motifs is 1. The number of carbonyl (C=O) groups is 1. The van der Waals surface area contributed by atoms with Crippen molar-refractivity contribution in [3.05, 3.63) is 35.5 Å². The van der Waals surface area contributed by atoms with Crippen molar-refractivity contribution in [2.45, 2.75) is 39.8 Å². The first-order valence-corrected chi connectivity index (χ1v) is 7.56. The molecule has 0 saturated heterocycles. The molecule has 0 aliphatic carbocycles. The van der Waals surface area contributed by atoms with E-state index in [1.165, 1.54) is 6.92 Å². The predicted molar refractivity (Wildman–Crippen MR) is 84.4 cm³/mol. The molecule has 0 radical (unpaired) electrons. The van der Waals surface area contributed by atoms with Gasteiger partial charge in [-0.1, -0.05) is 32.0 Å². The fourth-order valence-electron chi connectivity index (χ4n) is 2.56. The standard InChI is InChI=1S/C15H16F3NO2.C2H6/c1-4-21-14(20)13(15(16,17)18)12-9(2)19(3)11-8-6-5-7-10(11)12;1-2/h5-8,13H,4H2,1-3H3;1-2H3. The molecular formula is C17H22F3NO2. The van der Waals surface area contributed by atoms with Gasteiger partial charge < -0.3 is 9.30 Å². The lowest BCUT2D eigenvalue weighted by molar-refractivity contribution is -0.180. The highest BCUT2D eigenvalue weighted by atomic mass is 19.4. The molecule has 0 fully saturated rings. The second-order valence-corrected chi connectivity index (χ2v) is 4.80. The molecule has 2 aromatic rings. The van der Waals surface area contributed by atoms with Crippen LogP contribution in [0.25, 0.3) is 10.9 Å². The molecule has 1 heterocycles. The van der Waals surface area contributed by atoms with Gasteiger partial charge in [0.05, 0.1) is 6.61 Å². The van der Waals surface area contributed by atoms with Gasteiger partial charge in [0.25, 0.3) is 0 Å². The van der Waals surface area contributed by atoms with Gasteiger partial charge in [-0.2, -0.15) is 13.2 Å². The number of ether oxygens (including phenoxy) is 1. The smallest absolute Gasteiger partial charge is 0.406 e. The maximum absolute atomic E-state index is 13.4. The lowest BCUT2D eigenvalue weighted by Crippen LogP contribution is -2.30. The summed E-state index contributed by atoms with van der Waals surface area (Å²) in [6.45, 7) is 6.98. The minimum Gasteiger partial charge on any atom is -0.465 e. The maximum Gasteiger partial charge on any atom is 0.406 e. The predicted octanol–water partition coefficient (Wildman–Crippen LogP) is 4.72. The van der Waals surface area contributed by atoms with Gasteiger partial charge in [0, 0.05) is 29.2 Å². The van der Waals surface area contributed by atoms with Crippen LogP contribution in [0.3, 0.4) is 0 Å². The van der Waals surface area contributed by atoms with E-state index in [0.29, 0.717) is 16.6 Å². The number of hydrogen-bond donors (Lipinski definition) is 0. The Morgan fingerprint density at radius 1 is 1.26 bits per heavy atom. The molecule has 1 unspecified atom stereocenters. The number of rotatable bonds is 3. The first-order valence-electron chi connectivity index (χ1n) is 7.56. The van der Waals surface area contributed by atoms with Crippen molar-refractivity contribution >= 4 is 16.9 Å². The minimum absolute atomic E-state index is 0.0287. The molecule has 0 N–H and O–H groups in total. The Balaban J connectivity index is 0.00000127. The Morgan fingerprint density at radius 2 is 1.83 bits per heavy atom. The van der Waals surface area contributed by atoms with Gasteiger partial charge in [-0.05, 0) is 19.9 Å². The van der Waals surface area contributed by atoms with Crippen LogP contribution in [0.1, 0.15) is 37.9 Å². The highest BCUT2D eigenvalue weighted by Crippen LogP contribution is 2.41. The number of para-hydroxylation sites is 1. The van der Waals surface area contributed by atoms with Gasteiger partial charge in [-0.3, -0.25) is 4.79 Å². The van der Waals surface area contributed by atoms with E-state index in [0.717, 1.165) is 0 Å². The zero-order valence-corrected chi connectivity index (χ0v) is 14.0. The molecule has 0 aliphatic rings. The third kappa shape index (κ3) is 3.68. The highest BCUT2D eigenvalue weighted by Gasteiger charge is 2.49. The second-order valence-electron chi connectivity index (χ2n) is 4.80. The van der Waals surface area contributed by atoms with Crippen LogP contribution in [-0.2, 0) is 16.6 Å². The quantitative estimate of drug-likeness (QED) is 0.763. The first-order chi connectivity index (χ1) is 10.8. The maximum atomic E-state index is 13.4. The number of benzene rings is 1. The number of halogens is 3. The Morgan fingerprint density at radius 3 is 2.35 bits per heavy atom. The molecule has 1 aromatic carbocycles. The van der Waals surface area contributed by atoms with E-state index >= 15 is 0 Å². The molecule has 2 rings (SSSR count). The SMILES string of the molecule is CC.CCOC(=O)C(c1c(C)n(C)c2ccccc12)C(F)(F)F. The topological polar surface area (TPSA) is 31.2 Å². The first kappa shape index (κ1) is 19.1. The average Bonchev–Trinajstić information content (AvgIpc) is 2.74. The summed E-state index contributed by atoms with van der Waals surface area (Å²) < 4.78 is 46.4. The normalized spacial score (nSPS) is 12.5. The summed E-state index contributed by atoms with van der Waals surface area (Å²) in [4.78, 5) is 11.8. The van der Waals surface area contributed by atoms with Gasteiger partial charge >= 0.3 is 12.1 Å². The molecule has 128 valence electrons. The number of esters is 1. The van der Waals surface area contributed by atoms with Crippen LogP contribution in [0.4, 0.5) is 13.2 Å². The Kier molecular flexibility index (Phi) is 6.24. The van der Waals surface area contributed by atoms with E-state index in [1.54, 1.807) is 42.8 Å². The highest BCUT2D eigenvalue weighted by molar-refractivity contribution is 5.92. The van der Waals surface area contributed by atoms with E-state index in [-0.39, 0.29) is 12.2 Å². The lowest BCUT2D eigenvalue weighted by Gasteiger charge is -2.19. The molecule has 23 heavy (non-hydrogen) atoms. The largest absolute Gasteiger partial charge is 0.465 e. The molecule has 6 heteroatoms. The molecular weight excluding hydrogens is 307 g/mol. The van der Waals surface area contributed by atoms with E-state index in [9.17, 15) is 18.0 Å². The van der Waals surface area contributed by atoms with Crippen LogP contribution in [-0.4, -0.2) is 23.3 Å². The zero-order valence-electron chi connectivity index (χ0n) is 14.0. The lowest BCUT2D eigenvalue weighted by atomic mass is 9.95. The molecule has 3 nitrogen and oxygen atoms in total. The molecule has 0 amide bonds. The van der Waals surface area contributed by atoms with E-state index in [4.69, 9.17) is 0 Å². The Bertz CT molecular complexity index is 674. The van der Waals surface area contributed by atoms with Crippen molar-refractivity contribution < 1.29 is 22.7 Å². The number of aryl methyl sites for hydroxylation is 1. The second kappa shape index (κ2) is 7.53. The van der Waals surface area contributed by atoms with Crippen LogP contribution < -0.4 is 0 Å². The van der Waals surface area contributed by atoms with Crippen molar-refractivity contribution in [3.63, 3.8) is 0 Å². The third-order valence-corrected chi connectivity index (χ3v) is 3.59. The molecule has 1 atom stereocenters. The number of aromatic nitrogens is 1. The molecule has 1 aromatic heterocycles. The third-order valence-electron chi connectivity index (χ3n) is 3.59.